The molecule has 1 unspecified atom stereocenters. The molecule has 1 heterocycles. The Morgan fingerprint density at radius 2 is 2.00 bits per heavy atom. The van der Waals surface area contributed by atoms with Gasteiger partial charge in [-0.15, -0.1) is 0 Å². The summed E-state index contributed by atoms with van der Waals surface area (Å²) in [6.45, 7) is 3.59. The van der Waals surface area contributed by atoms with Crippen LogP contribution in [0.25, 0.3) is 0 Å². The second-order valence-corrected chi connectivity index (χ2v) is 5.32. The van der Waals surface area contributed by atoms with Crippen molar-refractivity contribution in [3.8, 4) is 5.75 Å². The predicted molar refractivity (Wildman–Crippen MR) is 81.4 cm³/mol. The minimum Gasteiger partial charge on any atom is -0.484 e. The maximum Gasteiger partial charge on any atom is 0.258 e. The molecule has 5 heteroatoms. The number of benzene rings is 1. The van der Waals surface area contributed by atoms with Crippen LogP contribution < -0.4 is 15.4 Å². The van der Waals surface area contributed by atoms with Crippen molar-refractivity contribution < 1.29 is 14.3 Å². The van der Waals surface area contributed by atoms with Gasteiger partial charge in [-0.25, -0.2) is 0 Å². The first-order chi connectivity index (χ1) is 10.2. The lowest BCUT2D eigenvalue weighted by Crippen LogP contribution is -2.41. The summed E-state index contributed by atoms with van der Waals surface area (Å²) in [6, 6.07) is 8.32. The predicted octanol–water partition coefficient (Wildman–Crippen LogP) is 1.64. The lowest BCUT2D eigenvalue weighted by atomic mass is 10.1. The molecule has 1 amide bonds. The third-order valence-corrected chi connectivity index (χ3v) is 3.77. The summed E-state index contributed by atoms with van der Waals surface area (Å²) in [7, 11) is 1.93. The second-order valence-electron chi connectivity index (χ2n) is 5.32. The summed E-state index contributed by atoms with van der Waals surface area (Å²) < 4.78 is 10.8. The molecule has 1 aliphatic rings. The van der Waals surface area contributed by atoms with Crippen LogP contribution in [0, 0.1) is 0 Å². The molecule has 0 bridgehead atoms. The number of ether oxygens (including phenoxy) is 2. The van der Waals surface area contributed by atoms with Gasteiger partial charge in [0.2, 0.25) is 0 Å². The van der Waals surface area contributed by atoms with Gasteiger partial charge in [0.1, 0.15) is 5.75 Å². The minimum absolute atomic E-state index is 0.0539. The molecule has 116 valence electrons. The van der Waals surface area contributed by atoms with E-state index in [2.05, 4.69) is 17.6 Å². The molecule has 2 N–H and O–H groups in total. The van der Waals surface area contributed by atoms with Gasteiger partial charge in [0, 0.05) is 25.3 Å². The van der Waals surface area contributed by atoms with Crippen molar-refractivity contribution >= 4 is 5.91 Å². The van der Waals surface area contributed by atoms with Gasteiger partial charge in [-0.1, -0.05) is 12.1 Å². The lowest BCUT2D eigenvalue weighted by molar-refractivity contribution is -0.124. The molecule has 1 fully saturated rings. The van der Waals surface area contributed by atoms with Crippen LogP contribution in [0.1, 0.15) is 31.4 Å². The summed E-state index contributed by atoms with van der Waals surface area (Å²) in [4.78, 5) is 11.8. The van der Waals surface area contributed by atoms with Crippen LogP contribution in [-0.2, 0) is 9.53 Å². The van der Waals surface area contributed by atoms with E-state index in [0.29, 0.717) is 11.8 Å². The molecule has 0 aliphatic carbocycles. The molecule has 1 atom stereocenters. The second kappa shape index (κ2) is 8.00. The zero-order valence-corrected chi connectivity index (χ0v) is 12.7. The third kappa shape index (κ3) is 5.02. The Labute approximate surface area is 126 Å². The number of nitrogens with one attached hydrogen (secondary N) is 2. The first kappa shape index (κ1) is 15.8. The molecule has 1 aromatic carbocycles. The van der Waals surface area contributed by atoms with Gasteiger partial charge >= 0.3 is 0 Å². The standard InChI is InChI=1S/C16H24N2O3/c1-12(17-2)13-3-5-15(6-4-13)21-11-16(19)18-14-7-9-20-10-8-14/h3-6,12,14,17H,7-11H2,1-2H3,(H,18,19). The molecule has 0 spiro atoms. The van der Waals surface area contributed by atoms with Crippen molar-refractivity contribution in [2.75, 3.05) is 26.9 Å². The van der Waals surface area contributed by atoms with Gasteiger partial charge in [-0.05, 0) is 44.5 Å². The zero-order valence-electron chi connectivity index (χ0n) is 12.7. The van der Waals surface area contributed by atoms with E-state index in [0.717, 1.165) is 26.1 Å². The topological polar surface area (TPSA) is 59.6 Å². The van der Waals surface area contributed by atoms with Crippen LogP contribution in [0.3, 0.4) is 0 Å². The first-order valence-corrected chi connectivity index (χ1v) is 7.46. The smallest absolute Gasteiger partial charge is 0.258 e. The highest BCUT2D eigenvalue weighted by Crippen LogP contribution is 2.17. The van der Waals surface area contributed by atoms with Gasteiger partial charge in [0.05, 0.1) is 0 Å². The molecule has 21 heavy (non-hydrogen) atoms. The van der Waals surface area contributed by atoms with Crippen molar-refractivity contribution in [3.63, 3.8) is 0 Å². The Kier molecular flexibility index (Phi) is 6.02. The molecule has 5 nitrogen and oxygen atoms in total. The van der Waals surface area contributed by atoms with Gasteiger partial charge in [0.15, 0.2) is 6.61 Å². The van der Waals surface area contributed by atoms with Crippen LogP contribution >= 0.6 is 0 Å². The lowest BCUT2D eigenvalue weighted by Gasteiger charge is -2.23. The average molecular weight is 292 g/mol. The van der Waals surface area contributed by atoms with Gasteiger partial charge in [-0.3, -0.25) is 4.79 Å². The molecule has 1 saturated heterocycles. The van der Waals surface area contributed by atoms with Crippen LogP contribution in [0.15, 0.2) is 24.3 Å². The Morgan fingerprint density at radius 3 is 2.62 bits per heavy atom. The van der Waals surface area contributed by atoms with Crippen molar-refractivity contribution in [3.05, 3.63) is 29.8 Å². The summed E-state index contributed by atoms with van der Waals surface area (Å²) in [5.41, 5.74) is 1.19. The van der Waals surface area contributed by atoms with Crippen molar-refractivity contribution in [1.29, 1.82) is 0 Å². The molecule has 0 aromatic heterocycles. The fourth-order valence-electron chi connectivity index (χ4n) is 2.28. The number of carbonyl (C=O) groups excluding carboxylic acids is 1. The first-order valence-electron chi connectivity index (χ1n) is 7.46. The van der Waals surface area contributed by atoms with E-state index >= 15 is 0 Å². The van der Waals surface area contributed by atoms with Crippen molar-refractivity contribution in [2.45, 2.75) is 31.8 Å². The molecule has 1 aromatic rings. The van der Waals surface area contributed by atoms with Crippen molar-refractivity contribution in [1.82, 2.24) is 10.6 Å². The van der Waals surface area contributed by atoms with Crippen LogP contribution in [0.4, 0.5) is 0 Å². The average Bonchev–Trinajstić information content (AvgIpc) is 2.53. The van der Waals surface area contributed by atoms with Gasteiger partial charge in [0.25, 0.3) is 5.91 Å². The third-order valence-electron chi connectivity index (χ3n) is 3.77. The number of hydrogen-bond acceptors (Lipinski definition) is 4. The van der Waals surface area contributed by atoms with Gasteiger partial charge < -0.3 is 20.1 Å². The van der Waals surface area contributed by atoms with Crippen LogP contribution in [0.5, 0.6) is 5.75 Å². The van der Waals surface area contributed by atoms with Crippen LogP contribution in [-0.4, -0.2) is 38.8 Å². The summed E-state index contributed by atoms with van der Waals surface area (Å²) in [5.74, 6) is 0.638. The van der Waals surface area contributed by atoms with E-state index in [9.17, 15) is 4.79 Å². The molecule has 2 rings (SSSR count). The van der Waals surface area contributed by atoms with E-state index in [4.69, 9.17) is 9.47 Å². The maximum atomic E-state index is 11.8. The van der Waals surface area contributed by atoms with Gasteiger partial charge in [-0.2, -0.15) is 0 Å². The summed E-state index contributed by atoms with van der Waals surface area (Å²) in [5, 5.41) is 6.16. The Hall–Kier alpha value is -1.59. The molecule has 0 saturated carbocycles. The fourth-order valence-corrected chi connectivity index (χ4v) is 2.28. The number of amides is 1. The number of carbonyl (C=O) groups is 1. The Balaban J connectivity index is 1.75. The quantitative estimate of drug-likeness (QED) is 0.837. The Bertz CT molecular complexity index is 441. The summed E-state index contributed by atoms with van der Waals surface area (Å²) >= 11 is 0. The van der Waals surface area contributed by atoms with E-state index in [1.54, 1.807) is 0 Å². The monoisotopic (exact) mass is 292 g/mol. The van der Waals surface area contributed by atoms with E-state index < -0.39 is 0 Å². The highest BCUT2D eigenvalue weighted by atomic mass is 16.5. The Morgan fingerprint density at radius 1 is 1.33 bits per heavy atom. The molecular weight excluding hydrogens is 268 g/mol. The minimum atomic E-state index is -0.0745. The molecular formula is C16H24N2O3. The van der Waals surface area contributed by atoms with Crippen LogP contribution in [0.2, 0.25) is 0 Å². The van der Waals surface area contributed by atoms with Crippen molar-refractivity contribution in [2.24, 2.45) is 0 Å². The molecule has 1 aliphatic heterocycles. The van der Waals surface area contributed by atoms with E-state index in [-0.39, 0.29) is 18.6 Å². The maximum absolute atomic E-state index is 11.8. The normalized spacial score (nSPS) is 17.2. The number of hydrogen-bond donors (Lipinski definition) is 2. The zero-order chi connectivity index (χ0) is 15.1. The molecule has 0 radical (unpaired) electrons. The number of rotatable bonds is 6. The largest absolute Gasteiger partial charge is 0.484 e. The SMILES string of the molecule is CNC(C)c1ccc(OCC(=O)NC2CCOCC2)cc1. The summed E-state index contributed by atoms with van der Waals surface area (Å²) in [6.07, 6.45) is 1.75. The van der Waals surface area contributed by atoms with E-state index in [1.807, 2.05) is 31.3 Å². The highest BCUT2D eigenvalue weighted by Gasteiger charge is 2.16. The fraction of sp³-hybridized carbons (Fsp3) is 0.562. The highest BCUT2D eigenvalue weighted by molar-refractivity contribution is 5.77. The van der Waals surface area contributed by atoms with E-state index in [1.165, 1.54) is 5.56 Å².